The molecule has 0 saturated carbocycles. The lowest BCUT2D eigenvalue weighted by Crippen LogP contribution is -2.28. The molecule has 0 rings (SSSR count). The molecular formula is C45H90NO8P. The second-order valence-electron chi connectivity index (χ2n) is 16.1. The average Bonchev–Trinajstić information content (AvgIpc) is 3.16. The van der Waals surface area contributed by atoms with Gasteiger partial charge in [0.15, 0.2) is 6.10 Å². The van der Waals surface area contributed by atoms with E-state index in [-0.39, 0.29) is 26.2 Å². The Morgan fingerprint density at radius 2 is 0.818 bits per heavy atom. The average molecular weight is 804 g/mol. The number of carbonyl (C=O) groups is 2. The van der Waals surface area contributed by atoms with E-state index in [4.69, 9.17) is 19.7 Å². The molecule has 0 aromatic heterocycles. The summed E-state index contributed by atoms with van der Waals surface area (Å²) in [4.78, 5) is 33.0. The van der Waals surface area contributed by atoms with Crippen LogP contribution in [-0.2, 0) is 32.7 Å². The van der Waals surface area contributed by atoms with Gasteiger partial charge in [-0.3, -0.25) is 18.6 Å². The molecule has 9 nitrogen and oxygen atoms in total. The fourth-order valence-electron chi connectivity index (χ4n) is 7.17. The zero-order chi connectivity index (χ0) is 40.3. The van der Waals surface area contributed by atoms with Crippen LogP contribution in [0.3, 0.4) is 0 Å². The van der Waals surface area contributed by atoms with Gasteiger partial charge < -0.3 is 20.1 Å². The van der Waals surface area contributed by atoms with Crippen LogP contribution in [0, 0.1) is 0 Å². The van der Waals surface area contributed by atoms with E-state index in [9.17, 15) is 19.0 Å². The van der Waals surface area contributed by atoms with Gasteiger partial charge in [0.25, 0.3) is 0 Å². The van der Waals surface area contributed by atoms with Gasteiger partial charge in [-0.25, -0.2) is 4.57 Å². The SMILES string of the molecule is CCCCCCCCCCCCCCCCCCCCCCCCCCCCCCCCCCCCCC(=O)OC[C@H](COP(=O)(O)OCCN)OC(C)=O. The van der Waals surface area contributed by atoms with Crippen LogP contribution in [0.4, 0.5) is 0 Å². The van der Waals surface area contributed by atoms with Crippen LogP contribution >= 0.6 is 7.82 Å². The third-order valence-electron chi connectivity index (χ3n) is 10.5. The molecule has 0 aromatic rings. The van der Waals surface area contributed by atoms with Crippen molar-refractivity contribution in [1.29, 1.82) is 0 Å². The molecular weight excluding hydrogens is 713 g/mol. The number of nitrogens with two attached hydrogens (primary N) is 1. The van der Waals surface area contributed by atoms with Crippen LogP contribution in [0.15, 0.2) is 0 Å². The van der Waals surface area contributed by atoms with Gasteiger partial charge in [-0.15, -0.1) is 0 Å². The zero-order valence-electron chi connectivity index (χ0n) is 36.2. The number of phosphoric ester groups is 1. The molecule has 2 atom stereocenters. The van der Waals surface area contributed by atoms with Gasteiger partial charge >= 0.3 is 19.8 Å². The van der Waals surface area contributed by atoms with E-state index in [1.807, 2.05) is 0 Å². The normalized spacial score (nSPS) is 13.2. The molecule has 0 spiro atoms. The minimum atomic E-state index is -4.32. The van der Waals surface area contributed by atoms with Crippen LogP contribution in [-0.4, -0.2) is 49.3 Å². The minimum absolute atomic E-state index is 0.0542. The molecule has 10 heteroatoms. The molecule has 0 bridgehead atoms. The summed E-state index contributed by atoms with van der Waals surface area (Å²) < 4.78 is 31.5. The molecule has 0 radical (unpaired) electrons. The summed E-state index contributed by atoms with van der Waals surface area (Å²) in [6, 6.07) is 0. The highest BCUT2D eigenvalue weighted by Crippen LogP contribution is 2.43. The fourth-order valence-corrected chi connectivity index (χ4v) is 7.93. The Labute approximate surface area is 339 Å². The lowest BCUT2D eigenvalue weighted by Gasteiger charge is -2.19. The molecule has 0 aromatic carbocycles. The molecule has 0 aliphatic carbocycles. The van der Waals surface area contributed by atoms with Crippen LogP contribution in [0.25, 0.3) is 0 Å². The lowest BCUT2D eigenvalue weighted by molar-refractivity contribution is -0.159. The summed E-state index contributed by atoms with van der Waals surface area (Å²) in [5.41, 5.74) is 5.25. The number of carbonyl (C=O) groups excluding carboxylic acids is 2. The van der Waals surface area contributed by atoms with Crippen molar-refractivity contribution in [3.8, 4) is 0 Å². The van der Waals surface area contributed by atoms with Crippen molar-refractivity contribution in [2.75, 3.05) is 26.4 Å². The van der Waals surface area contributed by atoms with Gasteiger partial charge in [-0.2, -0.15) is 0 Å². The third kappa shape index (κ3) is 44.0. The maximum atomic E-state index is 12.1. The Balaban J connectivity index is 3.36. The van der Waals surface area contributed by atoms with E-state index in [1.54, 1.807) is 0 Å². The van der Waals surface area contributed by atoms with Gasteiger partial charge in [0.05, 0.1) is 13.2 Å². The number of rotatable bonds is 45. The van der Waals surface area contributed by atoms with Crippen molar-refractivity contribution in [2.45, 2.75) is 251 Å². The summed E-state index contributed by atoms with van der Waals surface area (Å²) in [7, 11) is -4.32. The van der Waals surface area contributed by atoms with Crippen LogP contribution in [0.2, 0.25) is 0 Å². The maximum absolute atomic E-state index is 12.1. The molecule has 55 heavy (non-hydrogen) atoms. The molecule has 0 fully saturated rings. The van der Waals surface area contributed by atoms with Crippen LogP contribution in [0.1, 0.15) is 245 Å². The molecule has 0 heterocycles. The van der Waals surface area contributed by atoms with Gasteiger partial charge in [0.1, 0.15) is 6.61 Å². The van der Waals surface area contributed by atoms with Crippen molar-refractivity contribution in [3.05, 3.63) is 0 Å². The smallest absolute Gasteiger partial charge is 0.462 e. The molecule has 0 amide bonds. The fraction of sp³-hybridized carbons (Fsp3) is 0.956. The minimum Gasteiger partial charge on any atom is -0.462 e. The topological polar surface area (TPSA) is 134 Å². The second-order valence-corrected chi connectivity index (χ2v) is 17.5. The first-order chi connectivity index (χ1) is 26.8. The Bertz CT molecular complexity index is 876. The third-order valence-corrected chi connectivity index (χ3v) is 11.5. The van der Waals surface area contributed by atoms with E-state index >= 15 is 0 Å². The van der Waals surface area contributed by atoms with Crippen molar-refractivity contribution in [2.24, 2.45) is 5.73 Å². The Morgan fingerprint density at radius 3 is 1.11 bits per heavy atom. The lowest BCUT2D eigenvalue weighted by atomic mass is 10.0. The Morgan fingerprint density at radius 1 is 0.509 bits per heavy atom. The quantitative estimate of drug-likeness (QED) is 0.0350. The van der Waals surface area contributed by atoms with E-state index in [0.29, 0.717) is 0 Å². The van der Waals surface area contributed by atoms with Crippen molar-refractivity contribution in [1.82, 2.24) is 0 Å². The van der Waals surface area contributed by atoms with Crippen molar-refractivity contribution >= 4 is 19.8 Å². The van der Waals surface area contributed by atoms with Crippen molar-refractivity contribution < 1.29 is 37.6 Å². The summed E-state index contributed by atoms with van der Waals surface area (Å²) in [6.45, 7) is 2.70. The maximum Gasteiger partial charge on any atom is 0.472 e. The van der Waals surface area contributed by atoms with Crippen LogP contribution in [0.5, 0.6) is 0 Å². The second kappa shape index (κ2) is 42.6. The van der Waals surface area contributed by atoms with Gasteiger partial charge in [0, 0.05) is 19.9 Å². The molecule has 1 unspecified atom stereocenters. The molecule has 0 aliphatic heterocycles. The number of hydrogen-bond acceptors (Lipinski definition) is 8. The number of phosphoric acid groups is 1. The van der Waals surface area contributed by atoms with Gasteiger partial charge in [0.2, 0.25) is 0 Å². The first-order valence-corrected chi connectivity index (χ1v) is 24.9. The van der Waals surface area contributed by atoms with E-state index in [1.165, 1.54) is 212 Å². The highest BCUT2D eigenvalue weighted by atomic mass is 31.2. The molecule has 0 aliphatic rings. The summed E-state index contributed by atoms with van der Waals surface area (Å²) >= 11 is 0. The Kier molecular flexibility index (Phi) is 41.8. The highest BCUT2D eigenvalue weighted by molar-refractivity contribution is 7.47. The van der Waals surface area contributed by atoms with E-state index in [2.05, 4.69) is 11.4 Å². The van der Waals surface area contributed by atoms with Crippen molar-refractivity contribution in [3.63, 3.8) is 0 Å². The first kappa shape index (κ1) is 54.0. The first-order valence-electron chi connectivity index (χ1n) is 23.5. The highest BCUT2D eigenvalue weighted by Gasteiger charge is 2.25. The number of esters is 2. The van der Waals surface area contributed by atoms with Gasteiger partial charge in [-0.05, 0) is 6.42 Å². The largest absolute Gasteiger partial charge is 0.472 e. The number of ether oxygens (including phenoxy) is 2. The van der Waals surface area contributed by atoms with Gasteiger partial charge in [-0.1, -0.05) is 225 Å². The summed E-state index contributed by atoms with van der Waals surface area (Å²) in [6.07, 6.45) is 47.4. The molecule has 328 valence electrons. The van der Waals surface area contributed by atoms with E-state index < -0.39 is 32.5 Å². The monoisotopic (exact) mass is 804 g/mol. The molecule has 0 saturated heterocycles. The van der Waals surface area contributed by atoms with E-state index in [0.717, 1.165) is 19.3 Å². The molecule has 3 N–H and O–H groups in total. The zero-order valence-corrected chi connectivity index (χ0v) is 37.1. The summed E-state index contributed by atoms with van der Waals surface area (Å²) in [5.74, 6) is -1.01. The van der Waals surface area contributed by atoms with Crippen LogP contribution < -0.4 is 5.73 Å². The predicted molar refractivity (Wildman–Crippen MR) is 229 cm³/mol. The Hall–Kier alpha value is -0.990. The summed E-state index contributed by atoms with van der Waals surface area (Å²) in [5, 5.41) is 0. The predicted octanol–water partition coefficient (Wildman–Crippen LogP) is 13.6. The number of hydrogen-bond donors (Lipinski definition) is 2. The standard InChI is InChI=1S/C45H90NO8P/c1-3-4-5-6-7-8-9-10-11-12-13-14-15-16-17-18-19-20-21-22-23-24-25-26-27-28-29-30-31-32-33-34-35-36-37-38-45(48)51-41-44(54-43(2)47)42-53-55(49,50)52-40-39-46/h44H,3-42,46H2,1-2H3,(H,49,50)/t44-/m1/s1. The number of unbranched alkanes of at least 4 members (excludes halogenated alkanes) is 34.